The van der Waals surface area contributed by atoms with Crippen LogP contribution in [0.3, 0.4) is 0 Å². The molecule has 0 unspecified atom stereocenters. The monoisotopic (exact) mass is 349 g/mol. The minimum atomic E-state index is -0.576. The molecule has 0 spiro atoms. The van der Waals surface area contributed by atoms with Gasteiger partial charge in [-0.1, -0.05) is 17.7 Å². The topological polar surface area (TPSA) is 77.1 Å². The van der Waals surface area contributed by atoms with E-state index >= 15 is 0 Å². The minimum absolute atomic E-state index is 0.110. The lowest BCUT2D eigenvalue weighted by Gasteiger charge is -2.04. The van der Waals surface area contributed by atoms with Crippen molar-refractivity contribution in [3.63, 3.8) is 0 Å². The number of anilines is 1. The Morgan fingerprint density at radius 3 is 2.78 bits per heavy atom. The van der Waals surface area contributed by atoms with Crippen LogP contribution in [0, 0.1) is 0 Å². The van der Waals surface area contributed by atoms with Gasteiger partial charge < -0.3 is 9.73 Å². The largest absolute Gasteiger partial charge is 0.437 e. The van der Waals surface area contributed by atoms with Gasteiger partial charge in [0.1, 0.15) is 0 Å². The van der Waals surface area contributed by atoms with Gasteiger partial charge in [-0.15, -0.1) is 16.4 Å². The number of thiophene rings is 1. The van der Waals surface area contributed by atoms with Gasteiger partial charge in [-0.05, 0) is 35.7 Å². The maximum Gasteiger partial charge on any atom is 0.437 e. The summed E-state index contributed by atoms with van der Waals surface area (Å²) in [4.78, 5) is 24.4. The number of hydrogen-bond donors (Lipinski definition) is 1. The Bertz CT molecular complexity index is 853. The Balaban J connectivity index is 1.61. The van der Waals surface area contributed by atoms with E-state index in [4.69, 9.17) is 16.0 Å². The standard InChI is InChI=1S/C15H12ClN3O3S/c16-10-3-5-11(6-4-10)17-13(20)7-8-19-15(21)22-14(18-19)12-2-1-9-23-12/h1-6,9H,7-8H2,(H,17,20). The summed E-state index contributed by atoms with van der Waals surface area (Å²) in [6, 6.07) is 10.4. The second kappa shape index (κ2) is 6.80. The van der Waals surface area contributed by atoms with Gasteiger partial charge >= 0.3 is 5.76 Å². The third-order valence-electron chi connectivity index (χ3n) is 3.02. The summed E-state index contributed by atoms with van der Waals surface area (Å²) in [5.74, 6) is -0.532. The lowest BCUT2D eigenvalue weighted by atomic mass is 10.3. The van der Waals surface area contributed by atoms with E-state index in [-0.39, 0.29) is 24.8 Å². The number of halogens is 1. The van der Waals surface area contributed by atoms with Crippen molar-refractivity contribution in [2.75, 3.05) is 5.32 Å². The van der Waals surface area contributed by atoms with Gasteiger partial charge in [0.2, 0.25) is 5.91 Å². The van der Waals surface area contributed by atoms with Crippen molar-refractivity contribution < 1.29 is 9.21 Å². The number of nitrogens with zero attached hydrogens (tertiary/aromatic N) is 2. The molecule has 3 rings (SSSR count). The minimum Gasteiger partial charge on any atom is -0.387 e. The van der Waals surface area contributed by atoms with Crippen molar-refractivity contribution in [2.45, 2.75) is 13.0 Å². The Morgan fingerprint density at radius 1 is 1.30 bits per heavy atom. The molecule has 0 aliphatic rings. The number of benzene rings is 1. The summed E-state index contributed by atoms with van der Waals surface area (Å²) in [5.41, 5.74) is 0.645. The van der Waals surface area contributed by atoms with Crippen LogP contribution in [0.5, 0.6) is 0 Å². The zero-order valence-electron chi connectivity index (χ0n) is 11.9. The van der Waals surface area contributed by atoms with E-state index < -0.39 is 5.76 Å². The maximum absolute atomic E-state index is 11.9. The fourth-order valence-electron chi connectivity index (χ4n) is 1.91. The first kappa shape index (κ1) is 15.5. The Morgan fingerprint density at radius 2 is 2.09 bits per heavy atom. The molecular weight excluding hydrogens is 338 g/mol. The van der Waals surface area contributed by atoms with Crippen molar-refractivity contribution in [3.05, 3.63) is 57.4 Å². The Labute approximate surface area is 140 Å². The molecule has 0 aliphatic heterocycles. The van der Waals surface area contributed by atoms with Gasteiger partial charge in [-0.2, -0.15) is 4.68 Å². The maximum atomic E-state index is 11.9. The second-order valence-corrected chi connectivity index (χ2v) is 6.06. The van der Waals surface area contributed by atoms with Crippen LogP contribution in [0.2, 0.25) is 5.02 Å². The molecule has 0 aliphatic carbocycles. The van der Waals surface area contributed by atoms with Gasteiger partial charge in [0.15, 0.2) is 0 Å². The third-order valence-corrected chi connectivity index (χ3v) is 4.13. The van der Waals surface area contributed by atoms with Crippen molar-refractivity contribution in [1.82, 2.24) is 9.78 Å². The highest BCUT2D eigenvalue weighted by Gasteiger charge is 2.12. The predicted octanol–water partition coefficient (Wildman–Crippen LogP) is 3.25. The van der Waals surface area contributed by atoms with Gasteiger partial charge in [-0.25, -0.2) is 4.79 Å². The normalized spacial score (nSPS) is 10.7. The highest BCUT2D eigenvalue weighted by molar-refractivity contribution is 7.13. The van der Waals surface area contributed by atoms with E-state index in [0.717, 1.165) is 9.56 Å². The number of carbonyl (C=O) groups excluding carboxylic acids is 1. The van der Waals surface area contributed by atoms with E-state index in [9.17, 15) is 9.59 Å². The van der Waals surface area contributed by atoms with Crippen LogP contribution in [0.25, 0.3) is 10.8 Å². The smallest absolute Gasteiger partial charge is 0.387 e. The molecule has 0 atom stereocenters. The first-order valence-electron chi connectivity index (χ1n) is 6.79. The first-order chi connectivity index (χ1) is 11.1. The number of aryl methyl sites for hydroxylation is 1. The highest BCUT2D eigenvalue weighted by atomic mass is 35.5. The summed E-state index contributed by atoms with van der Waals surface area (Å²) in [6.45, 7) is 0.146. The molecule has 2 heterocycles. The summed E-state index contributed by atoms with van der Waals surface area (Å²) >= 11 is 7.21. The second-order valence-electron chi connectivity index (χ2n) is 4.68. The van der Waals surface area contributed by atoms with Crippen LogP contribution in [-0.4, -0.2) is 15.7 Å². The molecule has 118 valence electrons. The molecule has 0 bridgehead atoms. The number of nitrogens with one attached hydrogen (secondary N) is 1. The summed E-state index contributed by atoms with van der Waals surface area (Å²) in [5, 5.41) is 9.28. The summed E-state index contributed by atoms with van der Waals surface area (Å²) in [7, 11) is 0. The number of amides is 1. The molecule has 8 heteroatoms. The summed E-state index contributed by atoms with van der Waals surface area (Å²) < 4.78 is 6.23. The molecule has 1 amide bonds. The van der Waals surface area contributed by atoms with Gasteiger partial charge in [0.05, 0.1) is 11.4 Å². The zero-order chi connectivity index (χ0) is 16.2. The molecule has 0 saturated heterocycles. The van der Waals surface area contributed by atoms with Crippen LogP contribution < -0.4 is 11.1 Å². The van der Waals surface area contributed by atoms with Crippen LogP contribution in [-0.2, 0) is 11.3 Å². The van der Waals surface area contributed by atoms with Crippen molar-refractivity contribution in [2.24, 2.45) is 0 Å². The number of carbonyl (C=O) groups is 1. The predicted molar refractivity (Wildman–Crippen MR) is 88.8 cm³/mol. The molecule has 0 fully saturated rings. The lowest BCUT2D eigenvalue weighted by molar-refractivity contribution is -0.116. The fourth-order valence-corrected chi connectivity index (χ4v) is 2.68. The molecule has 23 heavy (non-hydrogen) atoms. The molecule has 2 aromatic heterocycles. The van der Waals surface area contributed by atoms with Crippen molar-refractivity contribution >= 4 is 34.5 Å². The van der Waals surface area contributed by atoms with Crippen LogP contribution in [0.15, 0.2) is 51.0 Å². The van der Waals surface area contributed by atoms with Crippen LogP contribution in [0.1, 0.15) is 6.42 Å². The Kier molecular flexibility index (Phi) is 4.59. The molecule has 1 N–H and O–H groups in total. The van der Waals surface area contributed by atoms with Gasteiger partial charge in [-0.3, -0.25) is 4.79 Å². The first-order valence-corrected chi connectivity index (χ1v) is 8.05. The highest BCUT2D eigenvalue weighted by Crippen LogP contribution is 2.21. The molecule has 1 aromatic carbocycles. The number of aromatic nitrogens is 2. The quantitative estimate of drug-likeness (QED) is 0.767. The van der Waals surface area contributed by atoms with E-state index in [1.54, 1.807) is 24.3 Å². The molecule has 6 nitrogen and oxygen atoms in total. The molecule has 0 saturated carbocycles. The fraction of sp³-hybridized carbons (Fsp3) is 0.133. The SMILES string of the molecule is O=C(CCn1nc(-c2cccs2)oc1=O)Nc1ccc(Cl)cc1. The van der Waals surface area contributed by atoms with E-state index in [0.29, 0.717) is 10.7 Å². The van der Waals surface area contributed by atoms with E-state index in [1.807, 2.05) is 17.5 Å². The van der Waals surface area contributed by atoms with Crippen LogP contribution >= 0.6 is 22.9 Å². The average Bonchev–Trinajstić information content (AvgIpc) is 3.17. The number of rotatable bonds is 5. The van der Waals surface area contributed by atoms with Crippen molar-refractivity contribution in [1.29, 1.82) is 0 Å². The molecule has 0 radical (unpaired) electrons. The Hall–Kier alpha value is -2.38. The van der Waals surface area contributed by atoms with Crippen molar-refractivity contribution in [3.8, 4) is 10.8 Å². The zero-order valence-corrected chi connectivity index (χ0v) is 13.4. The van der Waals surface area contributed by atoms with Crippen LogP contribution in [0.4, 0.5) is 5.69 Å². The molecular formula is C15H12ClN3O3S. The average molecular weight is 350 g/mol. The van der Waals surface area contributed by atoms with Gasteiger partial charge in [0.25, 0.3) is 5.89 Å². The lowest BCUT2D eigenvalue weighted by Crippen LogP contribution is -2.20. The molecule has 3 aromatic rings. The number of hydrogen-bond acceptors (Lipinski definition) is 5. The van der Waals surface area contributed by atoms with E-state index in [2.05, 4.69) is 10.4 Å². The van der Waals surface area contributed by atoms with Gasteiger partial charge in [0, 0.05) is 17.1 Å². The summed E-state index contributed by atoms with van der Waals surface area (Å²) in [6.07, 6.45) is 0.110. The van der Waals surface area contributed by atoms with E-state index in [1.165, 1.54) is 11.3 Å². The third kappa shape index (κ3) is 3.88.